The van der Waals surface area contributed by atoms with E-state index in [4.69, 9.17) is 11.6 Å². The maximum atomic E-state index is 13.5. The molecule has 0 unspecified atom stereocenters. The SMILES string of the molecule is Cc1ccc(N(CC(=O)N(CCc2ccccc2)[C@H](C)C(=O)NC2CCCC2)S(C)(=O)=O)cc1Cl. The molecule has 0 bridgehead atoms. The lowest BCUT2D eigenvalue weighted by Crippen LogP contribution is -2.53. The van der Waals surface area contributed by atoms with E-state index in [9.17, 15) is 18.0 Å². The van der Waals surface area contributed by atoms with Gasteiger partial charge in [-0.15, -0.1) is 0 Å². The van der Waals surface area contributed by atoms with Crippen molar-refractivity contribution < 1.29 is 18.0 Å². The van der Waals surface area contributed by atoms with Gasteiger partial charge in [0, 0.05) is 17.6 Å². The average Bonchev–Trinajstić information content (AvgIpc) is 3.32. The van der Waals surface area contributed by atoms with Crippen LogP contribution in [-0.2, 0) is 26.0 Å². The van der Waals surface area contributed by atoms with E-state index >= 15 is 0 Å². The Labute approximate surface area is 213 Å². The Morgan fingerprint density at radius 2 is 1.77 bits per heavy atom. The first-order chi connectivity index (χ1) is 16.6. The molecule has 1 saturated carbocycles. The van der Waals surface area contributed by atoms with Crippen molar-refractivity contribution in [3.05, 3.63) is 64.7 Å². The molecule has 0 spiro atoms. The van der Waals surface area contributed by atoms with Crippen LogP contribution in [0.4, 0.5) is 5.69 Å². The van der Waals surface area contributed by atoms with Crippen LogP contribution in [0.3, 0.4) is 0 Å². The minimum Gasteiger partial charge on any atom is -0.352 e. The summed E-state index contributed by atoms with van der Waals surface area (Å²) in [5.41, 5.74) is 2.14. The van der Waals surface area contributed by atoms with Crippen LogP contribution in [-0.4, -0.2) is 56.6 Å². The largest absolute Gasteiger partial charge is 0.352 e. The number of aryl methyl sites for hydroxylation is 1. The van der Waals surface area contributed by atoms with Crippen LogP contribution >= 0.6 is 11.6 Å². The minimum absolute atomic E-state index is 0.123. The van der Waals surface area contributed by atoms with Crippen molar-refractivity contribution >= 4 is 39.1 Å². The van der Waals surface area contributed by atoms with Crippen molar-refractivity contribution in [2.75, 3.05) is 23.7 Å². The molecule has 2 aromatic rings. The van der Waals surface area contributed by atoms with E-state index in [1.165, 1.54) is 11.0 Å². The number of anilines is 1. The summed E-state index contributed by atoms with van der Waals surface area (Å²) in [4.78, 5) is 28.1. The fourth-order valence-electron chi connectivity index (χ4n) is 4.31. The lowest BCUT2D eigenvalue weighted by Gasteiger charge is -2.32. The van der Waals surface area contributed by atoms with E-state index in [-0.39, 0.29) is 18.5 Å². The maximum Gasteiger partial charge on any atom is 0.244 e. The average molecular weight is 520 g/mol. The van der Waals surface area contributed by atoms with Gasteiger partial charge >= 0.3 is 0 Å². The maximum absolute atomic E-state index is 13.5. The van der Waals surface area contributed by atoms with Crippen LogP contribution in [0.5, 0.6) is 0 Å². The molecule has 1 N–H and O–H groups in total. The molecule has 2 amide bonds. The van der Waals surface area contributed by atoms with E-state index in [0.29, 0.717) is 17.1 Å². The molecule has 0 heterocycles. The van der Waals surface area contributed by atoms with Crippen LogP contribution < -0.4 is 9.62 Å². The van der Waals surface area contributed by atoms with Crippen molar-refractivity contribution in [3.63, 3.8) is 0 Å². The second-order valence-corrected chi connectivity index (χ2v) is 11.5. The van der Waals surface area contributed by atoms with Gasteiger partial charge in [0.2, 0.25) is 21.8 Å². The third kappa shape index (κ3) is 7.45. The summed E-state index contributed by atoms with van der Waals surface area (Å²) in [6, 6.07) is 13.9. The van der Waals surface area contributed by atoms with Crippen LogP contribution in [0.2, 0.25) is 5.02 Å². The zero-order chi connectivity index (χ0) is 25.6. The summed E-state index contributed by atoms with van der Waals surface area (Å²) in [7, 11) is -3.78. The zero-order valence-electron chi connectivity index (χ0n) is 20.5. The van der Waals surface area contributed by atoms with Crippen molar-refractivity contribution in [1.82, 2.24) is 10.2 Å². The lowest BCUT2D eigenvalue weighted by molar-refractivity contribution is -0.139. The van der Waals surface area contributed by atoms with Gasteiger partial charge in [0.05, 0.1) is 11.9 Å². The van der Waals surface area contributed by atoms with E-state index in [0.717, 1.165) is 47.4 Å². The Balaban J connectivity index is 1.83. The standard InChI is InChI=1S/C26H34ClN3O4S/c1-19-13-14-23(17-24(19)27)30(35(3,33)34)18-25(31)29(16-15-21-9-5-4-6-10-21)20(2)26(32)28-22-11-7-8-12-22/h4-6,9-10,13-14,17,20,22H,7-8,11-12,15-16,18H2,1-3H3,(H,28,32)/t20-/m1/s1. The normalized spacial score (nSPS) is 15.0. The molecule has 7 nitrogen and oxygen atoms in total. The number of hydrogen-bond donors (Lipinski definition) is 1. The van der Waals surface area contributed by atoms with Gasteiger partial charge in [0.1, 0.15) is 12.6 Å². The molecule has 9 heteroatoms. The molecule has 0 radical (unpaired) electrons. The summed E-state index contributed by atoms with van der Waals surface area (Å²) in [6.45, 7) is 3.38. The molecule has 1 aliphatic carbocycles. The first-order valence-electron chi connectivity index (χ1n) is 11.9. The van der Waals surface area contributed by atoms with Gasteiger partial charge in [0.15, 0.2) is 0 Å². The van der Waals surface area contributed by atoms with Crippen molar-refractivity contribution in [3.8, 4) is 0 Å². The predicted octanol–water partition coefficient (Wildman–Crippen LogP) is 3.93. The molecule has 35 heavy (non-hydrogen) atoms. The van der Waals surface area contributed by atoms with Gasteiger partial charge in [0.25, 0.3) is 0 Å². The van der Waals surface area contributed by atoms with E-state index in [2.05, 4.69) is 5.32 Å². The number of hydrogen-bond acceptors (Lipinski definition) is 4. The van der Waals surface area contributed by atoms with Gasteiger partial charge in [-0.05, 0) is 56.4 Å². The second-order valence-electron chi connectivity index (χ2n) is 9.19. The van der Waals surface area contributed by atoms with Crippen LogP contribution in [0.15, 0.2) is 48.5 Å². The fourth-order valence-corrected chi connectivity index (χ4v) is 5.33. The first-order valence-corrected chi connectivity index (χ1v) is 14.2. The molecule has 3 rings (SSSR count). The van der Waals surface area contributed by atoms with Crippen molar-refractivity contribution in [2.45, 2.75) is 58.0 Å². The molecular formula is C26H34ClN3O4S. The summed E-state index contributed by atoms with van der Waals surface area (Å²) in [5.74, 6) is -0.667. The third-order valence-electron chi connectivity index (χ3n) is 6.48. The highest BCUT2D eigenvalue weighted by Crippen LogP contribution is 2.25. The van der Waals surface area contributed by atoms with Gasteiger partial charge < -0.3 is 10.2 Å². The number of nitrogens with zero attached hydrogens (tertiary/aromatic N) is 2. The van der Waals surface area contributed by atoms with Gasteiger partial charge in [-0.25, -0.2) is 8.42 Å². The monoisotopic (exact) mass is 519 g/mol. The fraction of sp³-hybridized carbons (Fsp3) is 0.462. The number of carbonyl (C=O) groups excluding carboxylic acids is 2. The number of nitrogens with one attached hydrogen (secondary N) is 1. The molecule has 0 aliphatic heterocycles. The number of benzene rings is 2. The highest BCUT2D eigenvalue weighted by atomic mass is 35.5. The van der Waals surface area contributed by atoms with Crippen LogP contribution in [0.25, 0.3) is 0 Å². The Morgan fingerprint density at radius 1 is 1.11 bits per heavy atom. The van der Waals surface area contributed by atoms with Gasteiger partial charge in [-0.1, -0.05) is 60.8 Å². The minimum atomic E-state index is -3.78. The summed E-state index contributed by atoms with van der Waals surface area (Å²) < 4.78 is 26.3. The first kappa shape index (κ1) is 27.0. The quantitative estimate of drug-likeness (QED) is 0.515. The number of halogens is 1. The second kappa shape index (κ2) is 11.9. The van der Waals surface area contributed by atoms with E-state index in [1.807, 2.05) is 37.3 Å². The molecule has 0 saturated heterocycles. The van der Waals surface area contributed by atoms with Crippen LogP contribution in [0.1, 0.15) is 43.7 Å². The number of amides is 2. The molecule has 0 aromatic heterocycles. The molecule has 1 fully saturated rings. The van der Waals surface area contributed by atoms with E-state index in [1.54, 1.807) is 19.1 Å². The highest BCUT2D eigenvalue weighted by molar-refractivity contribution is 7.92. The smallest absolute Gasteiger partial charge is 0.244 e. The Hall–Kier alpha value is -2.58. The van der Waals surface area contributed by atoms with Crippen molar-refractivity contribution in [1.29, 1.82) is 0 Å². The Bertz CT molecular complexity index is 1130. The third-order valence-corrected chi connectivity index (χ3v) is 8.02. The molecule has 1 aliphatic rings. The molecule has 1 atom stereocenters. The summed E-state index contributed by atoms with van der Waals surface area (Å²) in [5, 5.41) is 3.47. The molecular weight excluding hydrogens is 486 g/mol. The molecule has 190 valence electrons. The Morgan fingerprint density at radius 3 is 2.37 bits per heavy atom. The summed E-state index contributed by atoms with van der Waals surface area (Å²) >= 11 is 6.23. The number of sulfonamides is 1. The van der Waals surface area contributed by atoms with Gasteiger partial charge in [-0.2, -0.15) is 0 Å². The number of carbonyl (C=O) groups is 2. The zero-order valence-corrected chi connectivity index (χ0v) is 22.1. The molecule has 2 aromatic carbocycles. The van der Waals surface area contributed by atoms with Gasteiger partial charge in [-0.3, -0.25) is 13.9 Å². The lowest BCUT2D eigenvalue weighted by atomic mass is 10.1. The highest BCUT2D eigenvalue weighted by Gasteiger charge is 2.31. The number of rotatable bonds is 10. The predicted molar refractivity (Wildman–Crippen MR) is 140 cm³/mol. The van der Waals surface area contributed by atoms with Crippen LogP contribution in [0, 0.1) is 6.92 Å². The summed E-state index contributed by atoms with van der Waals surface area (Å²) in [6.07, 6.45) is 5.64. The topological polar surface area (TPSA) is 86.8 Å². The van der Waals surface area contributed by atoms with E-state index < -0.39 is 28.5 Å². The Kier molecular flexibility index (Phi) is 9.19. The van der Waals surface area contributed by atoms with Crippen molar-refractivity contribution in [2.24, 2.45) is 0 Å².